The Bertz CT molecular complexity index is 326. The maximum absolute atomic E-state index is 10.1. The van der Waals surface area contributed by atoms with Gasteiger partial charge in [0, 0.05) is 5.56 Å². The quantitative estimate of drug-likeness (QED) is 0.822. The van der Waals surface area contributed by atoms with Gasteiger partial charge in [-0.15, -0.1) is 0 Å². The van der Waals surface area contributed by atoms with E-state index in [2.05, 4.69) is 13.8 Å². The van der Waals surface area contributed by atoms with E-state index in [0.29, 0.717) is 5.92 Å². The number of aliphatic hydroxyl groups is 1. The first kappa shape index (κ1) is 12.3. The van der Waals surface area contributed by atoms with Crippen molar-refractivity contribution < 1.29 is 9.52 Å². The highest BCUT2D eigenvalue weighted by Gasteiger charge is 2.20. The van der Waals surface area contributed by atoms with Crippen LogP contribution in [0.2, 0.25) is 0 Å². The summed E-state index contributed by atoms with van der Waals surface area (Å²) >= 11 is 0. The van der Waals surface area contributed by atoms with Gasteiger partial charge >= 0.3 is 0 Å². The summed E-state index contributed by atoms with van der Waals surface area (Å²) in [5, 5.41) is 10.1. The molecule has 0 bridgehead atoms. The van der Waals surface area contributed by atoms with Crippen molar-refractivity contribution in [3.8, 4) is 0 Å². The summed E-state index contributed by atoms with van der Waals surface area (Å²) in [6, 6.07) is 0. The van der Waals surface area contributed by atoms with Gasteiger partial charge in [0.1, 0.15) is 11.5 Å². The Labute approximate surface area is 92.3 Å². The first-order valence-electron chi connectivity index (χ1n) is 5.71. The summed E-state index contributed by atoms with van der Waals surface area (Å²) < 4.78 is 5.52. The van der Waals surface area contributed by atoms with Crippen molar-refractivity contribution >= 4 is 0 Å². The molecule has 0 spiro atoms. The van der Waals surface area contributed by atoms with E-state index in [-0.39, 0.29) is 6.10 Å². The van der Waals surface area contributed by atoms with Crippen LogP contribution in [-0.4, -0.2) is 5.11 Å². The summed E-state index contributed by atoms with van der Waals surface area (Å²) in [5.74, 6) is 2.33. The fourth-order valence-corrected chi connectivity index (χ4v) is 1.97. The van der Waals surface area contributed by atoms with Crippen molar-refractivity contribution in [3.05, 3.63) is 22.6 Å². The molecule has 0 fully saturated rings. The van der Waals surface area contributed by atoms with Gasteiger partial charge in [0.05, 0.1) is 6.10 Å². The van der Waals surface area contributed by atoms with Gasteiger partial charge in [-0.2, -0.15) is 0 Å². The van der Waals surface area contributed by atoms with Crippen LogP contribution in [0.25, 0.3) is 0 Å². The van der Waals surface area contributed by atoms with Crippen LogP contribution in [0.5, 0.6) is 0 Å². The van der Waals surface area contributed by atoms with E-state index >= 15 is 0 Å². The molecule has 2 nitrogen and oxygen atoms in total. The zero-order valence-corrected chi connectivity index (χ0v) is 10.4. The van der Waals surface area contributed by atoms with Gasteiger partial charge in [0.15, 0.2) is 0 Å². The van der Waals surface area contributed by atoms with Gasteiger partial charge in [-0.25, -0.2) is 0 Å². The van der Waals surface area contributed by atoms with E-state index in [0.717, 1.165) is 35.5 Å². The third-order valence-electron chi connectivity index (χ3n) is 3.27. The van der Waals surface area contributed by atoms with Crippen molar-refractivity contribution in [2.45, 2.75) is 53.6 Å². The van der Waals surface area contributed by atoms with Crippen molar-refractivity contribution in [3.63, 3.8) is 0 Å². The van der Waals surface area contributed by atoms with Crippen molar-refractivity contribution in [2.75, 3.05) is 0 Å². The highest BCUT2D eigenvalue weighted by molar-refractivity contribution is 5.33. The molecule has 2 heteroatoms. The second-order valence-corrected chi connectivity index (χ2v) is 4.52. The average molecular weight is 210 g/mol. The van der Waals surface area contributed by atoms with Crippen LogP contribution in [0.4, 0.5) is 0 Å². The zero-order valence-electron chi connectivity index (χ0n) is 10.4. The lowest BCUT2D eigenvalue weighted by Gasteiger charge is -2.15. The average Bonchev–Trinajstić information content (AvgIpc) is 2.41. The number of aryl methyl sites for hydroxylation is 2. The molecule has 0 amide bonds. The maximum Gasteiger partial charge on any atom is 0.107 e. The van der Waals surface area contributed by atoms with Crippen LogP contribution in [0.3, 0.4) is 0 Å². The minimum absolute atomic E-state index is 0.377. The maximum atomic E-state index is 10.1. The Morgan fingerprint density at radius 1 is 1.20 bits per heavy atom. The van der Waals surface area contributed by atoms with Crippen molar-refractivity contribution in [1.82, 2.24) is 0 Å². The van der Waals surface area contributed by atoms with E-state index in [4.69, 9.17) is 4.42 Å². The molecular weight excluding hydrogens is 188 g/mol. The zero-order chi connectivity index (χ0) is 11.6. The fourth-order valence-electron chi connectivity index (χ4n) is 1.97. The van der Waals surface area contributed by atoms with Gasteiger partial charge in [-0.1, -0.05) is 20.3 Å². The topological polar surface area (TPSA) is 33.4 Å². The molecule has 0 aliphatic heterocycles. The summed E-state index contributed by atoms with van der Waals surface area (Å²) in [6.45, 7) is 10.2. The van der Waals surface area contributed by atoms with Crippen LogP contribution in [-0.2, 0) is 0 Å². The number of aliphatic hydroxyl groups excluding tert-OH is 1. The molecule has 1 rings (SSSR count). The Morgan fingerprint density at radius 3 is 2.20 bits per heavy atom. The van der Waals surface area contributed by atoms with Crippen LogP contribution in [0.1, 0.15) is 55.4 Å². The summed E-state index contributed by atoms with van der Waals surface area (Å²) in [6.07, 6.45) is 1.54. The molecule has 0 aliphatic rings. The molecule has 0 saturated heterocycles. The van der Waals surface area contributed by atoms with Gasteiger partial charge in [-0.05, 0) is 38.7 Å². The summed E-state index contributed by atoms with van der Waals surface area (Å²) in [4.78, 5) is 0. The molecule has 0 saturated carbocycles. The molecule has 1 aromatic rings. The lowest BCUT2D eigenvalue weighted by Crippen LogP contribution is -2.05. The van der Waals surface area contributed by atoms with Gasteiger partial charge < -0.3 is 9.52 Å². The van der Waals surface area contributed by atoms with Gasteiger partial charge in [0.2, 0.25) is 0 Å². The van der Waals surface area contributed by atoms with Crippen molar-refractivity contribution in [2.24, 2.45) is 5.92 Å². The molecule has 1 N–H and O–H groups in total. The number of rotatable bonds is 4. The Hall–Kier alpha value is -0.760. The predicted molar refractivity (Wildman–Crippen MR) is 62.0 cm³/mol. The van der Waals surface area contributed by atoms with Crippen LogP contribution in [0.15, 0.2) is 4.42 Å². The second kappa shape index (κ2) is 4.84. The molecule has 0 aliphatic carbocycles. The van der Waals surface area contributed by atoms with E-state index in [1.165, 1.54) is 0 Å². The predicted octanol–water partition coefficient (Wildman–Crippen LogP) is 3.67. The van der Waals surface area contributed by atoms with E-state index in [1.54, 1.807) is 0 Å². The highest BCUT2D eigenvalue weighted by atomic mass is 16.3. The lowest BCUT2D eigenvalue weighted by atomic mass is 9.94. The highest BCUT2D eigenvalue weighted by Crippen LogP contribution is 2.31. The molecule has 2 atom stereocenters. The van der Waals surface area contributed by atoms with Crippen LogP contribution in [0, 0.1) is 26.7 Å². The minimum Gasteiger partial charge on any atom is -0.466 e. The van der Waals surface area contributed by atoms with Crippen LogP contribution >= 0.6 is 0 Å². The summed E-state index contributed by atoms with van der Waals surface area (Å²) in [5.41, 5.74) is 2.09. The first-order chi connectivity index (χ1) is 6.97. The molecule has 0 radical (unpaired) electrons. The Morgan fingerprint density at radius 2 is 1.80 bits per heavy atom. The Kier molecular flexibility index (Phi) is 3.97. The smallest absolute Gasteiger partial charge is 0.107 e. The molecule has 1 heterocycles. The third kappa shape index (κ3) is 2.63. The number of hydrogen-bond donors (Lipinski definition) is 1. The minimum atomic E-state index is -0.377. The number of furan rings is 1. The molecule has 15 heavy (non-hydrogen) atoms. The fraction of sp³-hybridized carbons (Fsp3) is 0.692. The molecule has 86 valence electrons. The number of hydrogen-bond acceptors (Lipinski definition) is 2. The van der Waals surface area contributed by atoms with E-state index < -0.39 is 0 Å². The monoisotopic (exact) mass is 210 g/mol. The summed E-state index contributed by atoms with van der Waals surface area (Å²) in [7, 11) is 0. The second-order valence-electron chi connectivity index (χ2n) is 4.52. The van der Waals surface area contributed by atoms with Gasteiger partial charge in [-0.3, -0.25) is 0 Å². The first-order valence-corrected chi connectivity index (χ1v) is 5.71. The largest absolute Gasteiger partial charge is 0.466 e. The van der Waals surface area contributed by atoms with E-state index in [9.17, 15) is 5.11 Å². The lowest BCUT2D eigenvalue weighted by molar-refractivity contribution is 0.144. The van der Waals surface area contributed by atoms with Crippen molar-refractivity contribution in [1.29, 1.82) is 0 Å². The third-order valence-corrected chi connectivity index (χ3v) is 3.27. The van der Waals surface area contributed by atoms with Gasteiger partial charge in [0.25, 0.3) is 0 Å². The standard InChI is InChI=1S/C13H22O2/c1-6-8(2)7-12(14)13-9(3)10(4)15-11(13)5/h8,12,14H,6-7H2,1-5H3. The molecule has 1 aromatic heterocycles. The normalized spacial score (nSPS) is 15.3. The molecule has 0 aromatic carbocycles. The molecular formula is C13H22O2. The van der Waals surface area contributed by atoms with E-state index in [1.807, 2.05) is 20.8 Å². The molecule has 2 unspecified atom stereocenters. The SMILES string of the molecule is CCC(C)CC(O)c1c(C)oc(C)c1C. The Balaban J connectivity index is 2.86. The van der Waals surface area contributed by atoms with Crippen LogP contribution < -0.4 is 0 Å².